The summed E-state index contributed by atoms with van der Waals surface area (Å²) < 4.78 is 10.1. The highest BCUT2D eigenvalue weighted by Gasteiger charge is 2.54. The molecule has 0 aromatic heterocycles. The molecule has 1 N–H and O–H groups in total. The average Bonchev–Trinajstić information content (AvgIpc) is 2.67. The van der Waals surface area contributed by atoms with Crippen LogP contribution >= 0.6 is 11.8 Å². The molecule has 0 aliphatic carbocycles. The molecule has 1 aromatic rings. The van der Waals surface area contributed by atoms with Crippen LogP contribution in [0, 0.1) is 0 Å². The maximum absolute atomic E-state index is 12.6. The molecule has 8 nitrogen and oxygen atoms in total. The second-order valence-corrected chi connectivity index (χ2v) is 7.46. The highest BCUT2D eigenvalue weighted by atomic mass is 32.2. The van der Waals surface area contributed by atoms with Crippen LogP contribution in [0.4, 0.5) is 0 Å². The number of hydrogen-bond donors (Lipinski definition) is 1. The Balaban J connectivity index is 2.07. The molecular formula is C19H22N2O6S. The number of β-lactam (4-membered cyclic amide) rings is 1. The molecule has 1 aromatic carbocycles. The number of para-hydroxylation sites is 1. The number of likely N-dealkylation sites (tertiary alicyclic amines) is 1. The van der Waals surface area contributed by atoms with Gasteiger partial charge in [-0.1, -0.05) is 36.5 Å². The van der Waals surface area contributed by atoms with E-state index in [2.05, 4.69) is 11.9 Å². The van der Waals surface area contributed by atoms with Gasteiger partial charge in [0, 0.05) is 6.92 Å². The maximum Gasteiger partial charge on any atom is 0.332 e. The third-order valence-corrected chi connectivity index (χ3v) is 5.04. The predicted molar refractivity (Wildman–Crippen MR) is 103 cm³/mol. The Hall–Kier alpha value is -2.81. The third kappa shape index (κ3) is 4.92. The van der Waals surface area contributed by atoms with E-state index in [-0.39, 0.29) is 11.7 Å². The number of thioether (sulfide) groups is 1. The number of methoxy groups -OCH3 is 1. The van der Waals surface area contributed by atoms with Gasteiger partial charge in [-0.2, -0.15) is 0 Å². The normalized spacial score (nSPS) is 19.2. The molecular weight excluding hydrogens is 384 g/mol. The minimum absolute atomic E-state index is 0.257. The molecule has 9 heteroatoms. The van der Waals surface area contributed by atoms with E-state index < -0.39 is 35.2 Å². The van der Waals surface area contributed by atoms with Crippen molar-refractivity contribution in [3.05, 3.63) is 42.5 Å². The number of nitrogens with one attached hydrogen (secondary N) is 1. The standard InChI is InChI=1S/C19H22N2O6S/c1-11(2)16(19(25)26-4)21-17(24)15(18(21)28-12(3)22)20-14(23)10-27-13-8-6-5-7-9-13/h5-9,15-16,18H,1,10H2,2-4H3,(H,20,23)/t15-,16?,18-/m1/s1. The zero-order chi connectivity index (χ0) is 20.8. The van der Waals surface area contributed by atoms with Crippen molar-refractivity contribution in [3.63, 3.8) is 0 Å². The summed E-state index contributed by atoms with van der Waals surface area (Å²) in [7, 11) is 1.20. The summed E-state index contributed by atoms with van der Waals surface area (Å²) in [5.74, 6) is -1.15. The number of amides is 2. The van der Waals surface area contributed by atoms with E-state index in [1.807, 2.05) is 6.07 Å². The van der Waals surface area contributed by atoms with Crippen molar-refractivity contribution in [2.24, 2.45) is 0 Å². The highest BCUT2D eigenvalue weighted by Crippen LogP contribution is 2.34. The summed E-state index contributed by atoms with van der Waals surface area (Å²) in [6.07, 6.45) is 0. The number of benzene rings is 1. The van der Waals surface area contributed by atoms with Gasteiger partial charge in [0.15, 0.2) is 17.8 Å². The van der Waals surface area contributed by atoms with Crippen LogP contribution in [-0.2, 0) is 23.9 Å². The minimum Gasteiger partial charge on any atom is -0.484 e. The molecule has 0 spiro atoms. The van der Waals surface area contributed by atoms with Gasteiger partial charge in [0.05, 0.1) is 7.11 Å². The Morgan fingerprint density at radius 1 is 1.25 bits per heavy atom. The number of carbonyl (C=O) groups is 4. The summed E-state index contributed by atoms with van der Waals surface area (Å²) >= 11 is 0.853. The van der Waals surface area contributed by atoms with E-state index in [1.54, 1.807) is 31.2 Å². The van der Waals surface area contributed by atoms with Crippen LogP contribution < -0.4 is 10.1 Å². The van der Waals surface area contributed by atoms with Crippen molar-refractivity contribution in [2.45, 2.75) is 31.3 Å². The molecule has 28 heavy (non-hydrogen) atoms. The van der Waals surface area contributed by atoms with E-state index in [9.17, 15) is 19.2 Å². The average molecular weight is 406 g/mol. The van der Waals surface area contributed by atoms with Crippen molar-refractivity contribution in [1.82, 2.24) is 10.2 Å². The fourth-order valence-electron chi connectivity index (χ4n) is 2.73. The fraction of sp³-hybridized carbons (Fsp3) is 0.368. The quantitative estimate of drug-likeness (QED) is 0.392. The number of nitrogens with zero attached hydrogens (tertiary/aromatic N) is 1. The van der Waals surface area contributed by atoms with E-state index in [1.165, 1.54) is 18.9 Å². The lowest BCUT2D eigenvalue weighted by atomic mass is 9.99. The largest absolute Gasteiger partial charge is 0.484 e. The molecule has 0 radical (unpaired) electrons. The maximum atomic E-state index is 12.6. The lowest BCUT2D eigenvalue weighted by Crippen LogP contribution is -2.73. The Bertz CT molecular complexity index is 782. The van der Waals surface area contributed by atoms with Crippen molar-refractivity contribution < 1.29 is 28.7 Å². The summed E-state index contributed by atoms with van der Waals surface area (Å²) in [5, 5.41) is 1.56. The number of carbonyl (C=O) groups excluding carboxylic acids is 4. The first-order valence-electron chi connectivity index (χ1n) is 8.46. The Kier molecular flexibility index (Phi) is 7.22. The van der Waals surface area contributed by atoms with Gasteiger partial charge in [0.1, 0.15) is 17.2 Å². The Morgan fingerprint density at radius 2 is 1.89 bits per heavy atom. The fourth-order valence-corrected chi connectivity index (χ4v) is 3.73. The van der Waals surface area contributed by atoms with Crippen molar-refractivity contribution in [1.29, 1.82) is 0 Å². The molecule has 0 bridgehead atoms. The van der Waals surface area contributed by atoms with Crippen LogP contribution in [-0.4, -0.2) is 59.0 Å². The third-order valence-electron chi connectivity index (χ3n) is 3.97. The van der Waals surface area contributed by atoms with Crippen molar-refractivity contribution in [3.8, 4) is 5.75 Å². The SMILES string of the molecule is C=C(C)C(C(=O)OC)N1C(=O)[C@@H](NC(=O)COc2ccccc2)[C@H]1SC(C)=O. The molecule has 3 atom stereocenters. The van der Waals surface area contributed by atoms with Gasteiger partial charge in [-0.25, -0.2) is 4.79 Å². The second-order valence-electron chi connectivity index (χ2n) is 6.16. The molecule has 0 saturated carbocycles. The van der Waals surface area contributed by atoms with Crippen LogP contribution in [0.15, 0.2) is 42.5 Å². The molecule has 1 saturated heterocycles. The van der Waals surface area contributed by atoms with Crippen LogP contribution in [0.5, 0.6) is 5.75 Å². The molecule has 150 valence electrons. The second kappa shape index (κ2) is 9.41. The first-order chi connectivity index (χ1) is 13.3. The predicted octanol–water partition coefficient (Wildman–Crippen LogP) is 1.12. The molecule has 1 aliphatic heterocycles. The topological polar surface area (TPSA) is 102 Å². The van der Waals surface area contributed by atoms with Crippen LogP contribution in [0.25, 0.3) is 0 Å². The van der Waals surface area contributed by atoms with Gasteiger partial charge in [0.25, 0.3) is 5.91 Å². The molecule has 2 amide bonds. The summed E-state index contributed by atoms with van der Waals surface area (Å²) in [6.45, 7) is 6.37. The molecule has 1 heterocycles. The van der Waals surface area contributed by atoms with Crippen molar-refractivity contribution >= 4 is 34.7 Å². The number of ether oxygens (including phenoxy) is 2. The molecule has 2 rings (SSSR count). The van der Waals surface area contributed by atoms with Crippen molar-refractivity contribution in [2.75, 3.05) is 13.7 Å². The Labute approximate surface area is 167 Å². The van der Waals surface area contributed by atoms with Gasteiger partial charge < -0.3 is 19.7 Å². The summed E-state index contributed by atoms with van der Waals surface area (Å²) in [5.41, 5.74) is 0.395. The monoisotopic (exact) mass is 406 g/mol. The van der Waals surface area contributed by atoms with E-state index in [4.69, 9.17) is 9.47 Å². The van der Waals surface area contributed by atoms with Gasteiger partial charge in [0.2, 0.25) is 5.91 Å². The first kappa shape index (κ1) is 21.5. The summed E-state index contributed by atoms with van der Waals surface area (Å²) in [6, 6.07) is 6.78. The van der Waals surface area contributed by atoms with Gasteiger partial charge in [-0.05, 0) is 24.6 Å². The van der Waals surface area contributed by atoms with E-state index >= 15 is 0 Å². The summed E-state index contributed by atoms with van der Waals surface area (Å²) in [4.78, 5) is 49.7. The first-order valence-corrected chi connectivity index (χ1v) is 9.34. The van der Waals surface area contributed by atoms with Gasteiger partial charge in [-0.15, -0.1) is 0 Å². The smallest absolute Gasteiger partial charge is 0.332 e. The van der Waals surface area contributed by atoms with Gasteiger partial charge in [-0.3, -0.25) is 14.4 Å². The van der Waals surface area contributed by atoms with E-state index in [0.717, 1.165) is 11.8 Å². The van der Waals surface area contributed by atoms with E-state index in [0.29, 0.717) is 11.3 Å². The molecule has 1 fully saturated rings. The molecule has 1 aliphatic rings. The lowest BCUT2D eigenvalue weighted by molar-refractivity contribution is -0.161. The Morgan fingerprint density at radius 3 is 2.43 bits per heavy atom. The zero-order valence-corrected chi connectivity index (χ0v) is 16.7. The van der Waals surface area contributed by atoms with Crippen LogP contribution in [0.2, 0.25) is 0 Å². The van der Waals surface area contributed by atoms with Crippen LogP contribution in [0.3, 0.4) is 0 Å². The number of hydrogen-bond acceptors (Lipinski definition) is 7. The number of esters is 1. The minimum atomic E-state index is -1.02. The highest BCUT2D eigenvalue weighted by molar-refractivity contribution is 8.14. The van der Waals surface area contributed by atoms with Gasteiger partial charge >= 0.3 is 5.97 Å². The lowest BCUT2D eigenvalue weighted by Gasteiger charge is -2.49. The molecule has 1 unspecified atom stereocenters. The number of rotatable bonds is 8. The zero-order valence-electron chi connectivity index (χ0n) is 15.8. The van der Waals surface area contributed by atoms with Crippen LogP contribution in [0.1, 0.15) is 13.8 Å².